The van der Waals surface area contributed by atoms with Crippen molar-refractivity contribution in [3.63, 3.8) is 0 Å². The van der Waals surface area contributed by atoms with Crippen molar-refractivity contribution in [2.75, 3.05) is 13.2 Å². The van der Waals surface area contributed by atoms with Crippen LogP contribution in [-0.2, 0) is 11.3 Å². The van der Waals surface area contributed by atoms with E-state index in [2.05, 4.69) is 20.5 Å². The third kappa shape index (κ3) is 3.13. The maximum atomic E-state index is 12.7. The molecule has 0 bridgehead atoms. The molecule has 136 valence electrons. The predicted octanol–water partition coefficient (Wildman–Crippen LogP) is 0.830. The van der Waals surface area contributed by atoms with Crippen LogP contribution in [0.2, 0.25) is 0 Å². The summed E-state index contributed by atoms with van der Waals surface area (Å²) in [6.45, 7) is 5.45. The van der Waals surface area contributed by atoms with Gasteiger partial charge in [0.05, 0.1) is 37.8 Å². The van der Waals surface area contributed by atoms with Crippen molar-refractivity contribution in [1.82, 2.24) is 29.7 Å². The fourth-order valence-corrected chi connectivity index (χ4v) is 2.90. The zero-order valence-electron chi connectivity index (χ0n) is 14.6. The normalized spacial score (nSPS) is 19.8. The van der Waals surface area contributed by atoms with Gasteiger partial charge in [0.2, 0.25) is 0 Å². The molecule has 1 aliphatic heterocycles. The van der Waals surface area contributed by atoms with Gasteiger partial charge in [-0.1, -0.05) is 0 Å². The molecule has 1 fully saturated rings. The van der Waals surface area contributed by atoms with Gasteiger partial charge in [0.15, 0.2) is 11.4 Å². The molecule has 0 saturated carbocycles. The van der Waals surface area contributed by atoms with Gasteiger partial charge in [0, 0.05) is 18.4 Å². The third-order valence-electron chi connectivity index (χ3n) is 4.32. The topological polar surface area (TPSA) is 95.6 Å². The summed E-state index contributed by atoms with van der Waals surface area (Å²) in [4.78, 5) is 17.1. The van der Waals surface area contributed by atoms with Crippen molar-refractivity contribution >= 4 is 11.6 Å². The number of fused-ring (bicyclic) bond motifs is 1. The van der Waals surface area contributed by atoms with Crippen LogP contribution in [0.5, 0.6) is 5.75 Å². The number of aryl methyl sites for hydroxylation is 2. The van der Waals surface area contributed by atoms with E-state index >= 15 is 0 Å². The van der Waals surface area contributed by atoms with Crippen LogP contribution in [0.25, 0.3) is 5.65 Å². The van der Waals surface area contributed by atoms with Crippen LogP contribution in [-0.4, -0.2) is 55.6 Å². The molecule has 1 N–H and O–H groups in total. The molecule has 2 atom stereocenters. The number of hydrogen-bond donors (Lipinski definition) is 1. The van der Waals surface area contributed by atoms with Crippen LogP contribution in [0.1, 0.15) is 23.0 Å². The van der Waals surface area contributed by atoms with Crippen LogP contribution in [0, 0.1) is 6.92 Å². The Morgan fingerprint density at radius 3 is 3.08 bits per heavy atom. The van der Waals surface area contributed by atoms with E-state index in [1.807, 2.05) is 26.1 Å². The lowest BCUT2D eigenvalue weighted by Crippen LogP contribution is -2.45. The zero-order valence-corrected chi connectivity index (χ0v) is 14.6. The molecule has 4 rings (SSSR count). The first-order valence-electron chi connectivity index (χ1n) is 8.52. The Hall–Kier alpha value is -2.94. The van der Waals surface area contributed by atoms with Gasteiger partial charge in [-0.15, -0.1) is 0 Å². The summed E-state index contributed by atoms with van der Waals surface area (Å²) in [6.07, 6.45) is 6.52. The van der Waals surface area contributed by atoms with Crippen LogP contribution < -0.4 is 10.1 Å². The van der Waals surface area contributed by atoms with E-state index in [1.54, 1.807) is 21.6 Å². The molecule has 0 unspecified atom stereocenters. The summed E-state index contributed by atoms with van der Waals surface area (Å²) >= 11 is 0. The largest absolute Gasteiger partial charge is 0.482 e. The van der Waals surface area contributed by atoms with Crippen molar-refractivity contribution in [2.24, 2.45) is 0 Å². The van der Waals surface area contributed by atoms with Gasteiger partial charge in [0.25, 0.3) is 5.91 Å². The van der Waals surface area contributed by atoms with E-state index in [0.717, 1.165) is 12.2 Å². The number of nitrogens with zero attached hydrogens (tertiary/aromatic N) is 5. The first-order valence-corrected chi connectivity index (χ1v) is 8.52. The van der Waals surface area contributed by atoms with Crippen LogP contribution in [0.15, 0.2) is 30.9 Å². The zero-order chi connectivity index (χ0) is 18.1. The predicted molar refractivity (Wildman–Crippen MR) is 92.1 cm³/mol. The minimum Gasteiger partial charge on any atom is -0.482 e. The number of rotatable bonds is 5. The van der Waals surface area contributed by atoms with Gasteiger partial charge >= 0.3 is 0 Å². The molecule has 3 aromatic rings. The molecule has 0 aromatic carbocycles. The van der Waals surface area contributed by atoms with E-state index < -0.39 is 0 Å². The highest BCUT2D eigenvalue weighted by Crippen LogP contribution is 2.17. The van der Waals surface area contributed by atoms with E-state index in [9.17, 15) is 4.79 Å². The molecule has 1 amide bonds. The second-order valence-electron chi connectivity index (χ2n) is 6.20. The number of amides is 1. The van der Waals surface area contributed by atoms with Crippen molar-refractivity contribution < 1.29 is 14.3 Å². The Morgan fingerprint density at radius 1 is 1.38 bits per heavy atom. The van der Waals surface area contributed by atoms with Crippen LogP contribution >= 0.6 is 0 Å². The molecule has 26 heavy (non-hydrogen) atoms. The highest BCUT2D eigenvalue weighted by atomic mass is 16.5. The Bertz CT molecular complexity index is 934. The second-order valence-corrected chi connectivity index (χ2v) is 6.20. The summed E-state index contributed by atoms with van der Waals surface area (Å²) in [5, 5.41) is 11.3. The molecule has 4 heterocycles. The first kappa shape index (κ1) is 16.5. The molecule has 1 aliphatic rings. The average Bonchev–Trinajstić information content (AvgIpc) is 3.35. The minimum absolute atomic E-state index is 0.244. The quantitative estimate of drug-likeness (QED) is 0.727. The summed E-state index contributed by atoms with van der Waals surface area (Å²) in [5.41, 5.74) is 1.78. The molecule has 9 nitrogen and oxygen atoms in total. The Morgan fingerprint density at radius 2 is 2.27 bits per heavy atom. The molecule has 3 aromatic heterocycles. The maximum absolute atomic E-state index is 12.7. The van der Waals surface area contributed by atoms with Gasteiger partial charge in [-0.05, 0) is 19.9 Å². The van der Waals surface area contributed by atoms with E-state index in [0.29, 0.717) is 30.2 Å². The summed E-state index contributed by atoms with van der Waals surface area (Å²) in [5.74, 6) is 0.418. The Balaban J connectivity index is 1.48. The van der Waals surface area contributed by atoms with Crippen molar-refractivity contribution in [3.8, 4) is 5.75 Å². The summed E-state index contributed by atoms with van der Waals surface area (Å²) < 4.78 is 14.8. The van der Waals surface area contributed by atoms with Crippen LogP contribution in [0.4, 0.5) is 0 Å². The lowest BCUT2D eigenvalue weighted by molar-refractivity contribution is 0.0905. The number of carbonyl (C=O) groups is 1. The fraction of sp³-hybridized carbons (Fsp3) is 0.412. The highest BCUT2D eigenvalue weighted by molar-refractivity contribution is 5.99. The van der Waals surface area contributed by atoms with E-state index in [-0.39, 0.29) is 18.1 Å². The molecule has 0 aliphatic carbocycles. The van der Waals surface area contributed by atoms with Gasteiger partial charge in [-0.3, -0.25) is 9.48 Å². The minimum atomic E-state index is -0.273. The van der Waals surface area contributed by atoms with Crippen molar-refractivity contribution in [2.45, 2.75) is 32.5 Å². The lowest BCUT2D eigenvalue weighted by atomic mass is 10.2. The maximum Gasteiger partial charge on any atom is 0.257 e. The lowest BCUT2D eigenvalue weighted by Gasteiger charge is -2.19. The SMILES string of the molecule is CCn1cc(O[C@@H]2COC[C@@H]2NC(=O)c2cnn3ccc(C)nc23)cn1. The average molecular weight is 356 g/mol. The number of carbonyl (C=O) groups excluding carboxylic acids is 1. The smallest absolute Gasteiger partial charge is 0.257 e. The van der Waals surface area contributed by atoms with E-state index in [1.165, 1.54) is 6.20 Å². The molecule has 9 heteroatoms. The third-order valence-corrected chi connectivity index (χ3v) is 4.32. The van der Waals surface area contributed by atoms with Crippen molar-refractivity contribution in [1.29, 1.82) is 0 Å². The second kappa shape index (κ2) is 6.75. The van der Waals surface area contributed by atoms with Crippen LogP contribution in [0.3, 0.4) is 0 Å². The van der Waals surface area contributed by atoms with Gasteiger partial charge in [0.1, 0.15) is 11.7 Å². The number of ether oxygens (including phenoxy) is 2. The van der Waals surface area contributed by atoms with Crippen molar-refractivity contribution in [3.05, 3.63) is 42.1 Å². The monoisotopic (exact) mass is 356 g/mol. The first-order chi connectivity index (χ1) is 12.6. The molecule has 0 spiro atoms. The molecular formula is C17H20N6O3. The molecule has 0 radical (unpaired) electrons. The Labute approximate surface area is 149 Å². The highest BCUT2D eigenvalue weighted by Gasteiger charge is 2.32. The standard InChI is InChI=1S/C17H20N6O3/c1-3-22-8-12(6-18-22)26-15-10-25-9-14(15)21-17(24)13-7-19-23-5-4-11(2)20-16(13)23/h4-8,14-15H,3,9-10H2,1-2H3,(H,21,24)/t14-,15+/m0/s1. The Kier molecular flexibility index (Phi) is 4.29. The number of nitrogens with one attached hydrogen (secondary N) is 1. The fourth-order valence-electron chi connectivity index (χ4n) is 2.90. The number of aromatic nitrogens is 5. The van der Waals surface area contributed by atoms with Gasteiger partial charge < -0.3 is 14.8 Å². The van der Waals surface area contributed by atoms with Gasteiger partial charge in [-0.2, -0.15) is 10.2 Å². The molecule has 1 saturated heterocycles. The molecular weight excluding hydrogens is 336 g/mol. The summed E-state index contributed by atoms with van der Waals surface area (Å²) in [6, 6.07) is 1.58. The van der Waals surface area contributed by atoms with Gasteiger partial charge in [-0.25, -0.2) is 9.50 Å². The van der Waals surface area contributed by atoms with E-state index in [4.69, 9.17) is 9.47 Å². The number of hydrogen-bond acceptors (Lipinski definition) is 6. The summed E-state index contributed by atoms with van der Waals surface area (Å²) in [7, 11) is 0.